The van der Waals surface area contributed by atoms with Crippen molar-refractivity contribution in [2.45, 2.75) is 50.6 Å². The van der Waals surface area contributed by atoms with Gasteiger partial charge in [0.1, 0.15) is 11.5 Å². The lowest BCUT2D eigenvalue weighted by molar-refractivity contribution is 0.0714. The molecule has 1 aromatic carbocycles. The van der Waals surface area contributed by atoms with Crippen LogP contribution in [0.3, 0.4) is 0 Å². The van der Waals surface area contributed by atoms with Gasteiger partial charge in [-0.1, -0.05) is 25.0 Å². The molecular weight excluding hydrogens is 366 g/mol. The monoisotopic (exact) mass is 391 g/mol. The number of aromatic nitrogens is 4. The number of nitrogens with zero attached hydrogens (tertiary/aromatic N) is 5. The third-order valence-corrected chi connectivity index (χ3v) is 6.38. The molecule has 1 saturated carbocycles. The number of para-hydroxylation sites is 1. The minimum absolute atomic E-state index is 0.0253. The number of aryl methyl sites for hydroxylation is 1. The van der Waals surface area contributed by atoms with E-state index in [0.29, 0.717) is 23.1 Å². The summed E-state index contributed by atoms with van der Waals surface area (Å²) in [5.74, 6) is 0.696. The maximum absolute atomic E-state index is 13.5. The molecule has 0 radical (unpaired) electrons. The van der Waals surface area contributed by atoms with Gasteiger partial charge in [0.2, 0.25) is 0 Å². The van der Waals surface area contributed by atoms with Gasteiger partial charge < -0.3 is 4.90 Å². The predicted molar refractivity (Wildman–Crippen MR) is 110 cm³/mol. The Kier molecular flexibility index (Phi) is 4.45. The molecule has 2 fully saturated rings. The maximum atomic E-state index is 13.5. The number of likely N-dealkylation sites (tertiary alicyclic amines) is 1. The van der Waals surface area contributed by atoms with Crippen molar-refractivity contribution in [2.24, 2.45) is 7.05 Å². The Morgan fingerprint density at radius 1 is 1.07 bits per heavy atom. The summed E-state index contributed by atoms with van der Waals surface area (Å²) in [6, 6.07) is 9.27. The molecule has 0 N–H and O–H groups in total. The third-order valence-electron chi connectivity index (χ3n) is 6.38. The SMILES string of the molecule is Cn1nccc1C(=O)N1CCCC1c1nc2ccccc2c(=O)n1C1CCCC1. The fourth-order valence-electron chi connectivity index (χ4n) is 4.92. The number of fused-ring (bicyclic) bond motifs is 1. The standard InChI is InChI=1S/C22H25N5O2/c1-25-19(12-13-23-25)22(29)26-14-6-11-18(26)20-24-17-10-5-4-9-16(17)21(28)27(20)15-7-2-3-8-15/h4-5,9-10,12-13,15,18H,2-3,6-8,11,14H2,1H3. The van der Waals surface area contributed by atoms with Crippen LogP contribution in [-0.2, 0) is 7.05 Å². The van der Waals surface area contributed by atoms with Crippen LogP contribution in [0.2, 0.25) is 0 Å². The second kappa shape index (κ2) is 7.13. The number of hydrogen-bond acceptors (Lipinski definition) is 4. The van der Waals surface area contributed by atoms with Crippen molar-refractivity contribution in [2.75, 3.05) is 6.54 Å². The fourth-order valence-corrected chi connectivity index (χ4v) is 4.92. The van der Waals surface area contributed by atoms with Crippen molar-refractivity contribution in [3.8, 4) is 0 Å². The molecule has 1 unspecified atom stereocenters. The summed E-state index contributed by atoms with van der Waals surface area (Å²) in [7, 11) is 1.78. The van der Waals surface area contributed by atoms with Gasteiger partial charge in [-0.3, -0.25) is 18.8 Å². The molecule has 1 amide bonds. The quantitative estimate of drug-likeness (QED) is 0.687. The Bertz CT molecular complexity index is 1130. The van der Waals surface area contributed by atoms with Gasteiger partial charge >= 0.3 is 0 Å². The van der Waals surface area contributed by atoms with E-state index in [-0.39, 0.29) is 23.6 Å². The lowest BCUT2D eigenvalue weighted by Gasteiger charge is -2.28. The second-order valence-corrected chi connectivity index (χ2v) is 8.10. The summed E-state index contributed by atoms with van der Waals surface area (Å²) in [6.07, 6.45) is 7.62. The molecule has 3 heterocycles. The van der Waals surface area contributed by atoms with Gasteiger partial charge in [0.15, 0.2) is 0 Å². The predicted octanol–water partition coefficient (Wildman–Crippen LogP) is 3.22. The highest BCUT2D eigenvalue weighted by atomic mass is 16.2. The number of benzene rings is 1. The first-order chi connectivity index (χ1) is 14.1. The van der Waals surface area contributed by atoms with Crippen LogP contribution >= 0.6 is 0 Å². The summed E-state index contributed by atoms with van der Waals surface area (Å²) in [5.41, 5.74) is 1.30. The van der Waals surface area contributed by atoms with Crippen LogP contribution in [0.5, 0.6) is 0 Å². The molecule has 150 valence electrons. The highest BCUT2D eigenvalue weighted by Gasteiger charge is 2.36. The Labute approximate surface area is 169 Å². The highest BCUT2D eigenvalue weighted by Crippen LogP contribution is 2.36. The van der Waals surface area contributed by atoms with Crippen LogP contribution in [0.4, 0.5) is 0 Å². The van der Waals surface area contributed by atoms with Gasteiger partial charge in [-0.2, -0.15) is 5.10 Å². The molecular formula is C22H25N5O2. The fraction of sp³-hybridized carbons (Fsp3) is 0.455. The van der Waals surface area contributed by atoms with Crippen molar-refractivity contribution in [3.05, 3.63) is 58.4 Å². The first-order valence-corrected chi connectivity index (χ1v) is 10.5. The van der Waals surface area contributed by atoms with E-state index >= 15 is 0 Å². The van der Waals surface area contributed by atoms with Crippen LogP contribution in [-0.4, -0.2) is 36.7 Å². The molecule has 1 aliphatic heterocycles. The lowest BCUT2D eigenvalue weighted by atomic mass is 10.1. The highest BCUT2D eigenvalue weighted by molar-refractivity contribution is 5.93. The van der Waals surface area contributed by atoms with Gasteiger partial charge in [0.25, 0.3) is 11.5 Å². The van der Waals surface area contributed by atoms with Crippen molar-refractivity contribution in [1.82, 2.24) is 24.2 Å². The van der Waals surface area contributed by atoms with E-state index in [9.17, 15) is 9.59 Å². The molecule has 7 nitrogen and oxygen atoms in total. The normalized spacial score (nSPS) is 20.0. The largest absolute Gasteiger partial charge is 0.327 e. The maximum Gasteiger partial charge on any atom is 0.272 e. The summed E-state index contributed by atoms with van der Waals surface area (Å²) < 4.78 is 3.52. The van der Waals surface area contributed by atoms with E-state index in [1.807, 2.05) is 33.7 Å². The first-order valence-electron chi connectivity index (χ1n) is 10.5. The van der Waals surface area contributed by atoms with E-state index in [2.05, 4.69) is 5.10 Å². The summed E-state index contributed by atoms with van der Waals surface area (Å²) in [4.78, 5) is 33.5. The van der Waals surface area contributed by atoms with Gasteiger partial charge in [-0.15, -0.1) is 0 Å². The minimum Gasteiger partial charge on any atom is -0.327 e. The second-order valence-electron chi connectivity index (χ2n) is 8.10. The number of carbonyl (C=O) groups is 1. The Morgan fingerprint density at radius 3 is 2.62 bits per heavy atom. The zero-order valence-corrected chi connectivity index (χ0v) is 16.6. The van der Waals surface area contributed by atoms with E-state index < -0.39 is 0 Å². The van der Waals surface area contributed by atoms with Crippen molar-refractivity contribution >= 4 is 16.8 Å². The Morgan fingerprint density at radius 2 is 1.86 bits per heavy atom. The van der Waals surface area contributed by atoms with Gasteiger partial charge in [-0.25, -0.2) is 4.98 Å². The van der Waals surface area contributed by atoms with E-state index in [0.717, 1.165) is 44.3 Å². The van der Waals surface area contributed by atoms with E-state index in [4.69, 9.17) is 4.98 Å². The number of amides is 1. The molecule has 1 atom stereocenters. The topological polar surface area (TPSA) is 73.0 Å². The molecule has 7 heteroatoms. The summed E-state index contributed by atoms with van der Waals surface area (Å²) in [5, 5.41) is 4.80. The zero-order valence-electron chi connectivity index (χ0n) is 16.6. The average Bonchev–Trinajstić information content (AvgIpc) is 3.49. The van der Waals surface area contributed by atoms with Crippen LogP contribution in [0.15, 0.2) is 41.3 Å². The third kappa shape index (κ3) is 2.96. The van der Waals surface area contributed by atoms with E-state index in [1.54, 1.807) is 24.0 Å². The van der Waals surface area contributed by atoms with Gasteiger partial charge in [-0.05, 0) is 43.9 Å². The Hall–Kier alpha value is -2.96. The molecule has 1 aliphatic carbocycles. The van der Waals surface area contributed by atoms with Crippen molar-refractivity contribution in [1.29, 1.82) is 0 Å². The van der Waals surface area contributed by atoms with E-state index in [1.165, 1.54) is 0 Å². The van der Waals surface area contributed by atoms with Crippen molar-refractivity contribution in [3.63, 3.8) is 0 Å². The van der Waals surface area contributed by atoms with Crippen LogP contribution in [0.25, 0.3) is 10.9 Å². The molecule has 0 spiro atoms. The molecule has 2 aliphatic rings. The molecule has 0 bridgehead atoms. The first kappa shape index (κ1) is 18.1. The molecule has 5 rings (SSSR count). The van der Waals surface area contributed by atoms with Crippen LogP contribution < -0.4 is 5.56 Å². The van der Waals surface area contributed by atoms with Crippen LogP contribution in [0, 0.1) is 0 Å². The number of hydrogen-bond donors (Lipinski definition) is 0. The number of rotatable bonds is 3. The average molecular weight is 391 g/mol. The summed E-state index contributed by atoms with van der Waals surface area (Å²) in [6.45, 7) is 0.669. The molecule has 3 aromatic rings. The molecule has 2 aromatic heterocycles. The lowest BCUT2D eigenvalue weighted by Crippen LogP contribution is -2.37. The van der Waals surface area contributed by atoms with Crippen molar-refractivity contribution < 1.29 is 4.79 Å². The minimum atomic E-state index is -0.185. The molecule has 29 heavy (non-hydrogen) atoms. The molecule has 1 saturated heterocycles. The van der Waals surface area contributed by atoms with Gasteiger partial charge in [0.05, 0.1) is 16.9 Å². The smallest absolute Gasteiger partial charge is 0.272 e. The van der Waals surface area contributed by atoms with Gasteiger partial charge in [0, 0.05) is 25.8 Å². The zero-order chi connectivity index (χ0) is 20.0. The summed E-state index contributed by atoms with van der Waals surface area (Å²) >= 11 is 0. The Balaban J connectivity index is 1.65. The number of carbonyl (C=O) groups excluding carboxylic acids is 1. The van der Waals surface area contributed by atoms with Crippen LogP contribution in [0.1, 0.15) is 66.9 Å².